The number of halogens is 2. The predicted molar refractivity (Wildman–Crippen MR) is 96.4 cm³/mol. The SMILES string of the molecule is CCC(NS(=O)(=O)Cc1ccc(Cl)c(Cl)c1)c1ccc(C)cc1. The molecule has 0 radical (unpaired) electrons. The van der Waals surface area contributed by atoms with Crippen LogP contribution in [0.5, 0.6) is 0 Å². The van der Waals surface area contributed by atoms with E-state index < -0.39 is 10.0 Å². The normalized spacial score (nSPS) is 13.0. The van der Waals surface area contributed by atoms with Crippen molar-refractivity contribution in [3.05, 3.63) is 69.2 Å². The van der Waals surface area contributed by atoms with Crippen LogP contribution in [0, 0.1) is 6.92 Å². The summed E-state index contributed by atoms with van der Waals surface area (Å²) >= 11 is 11.8. The third-order valence-electron chi connectivity index (χ3n) is 3.55. The van der Waals surface area contributed by atoms with E-state index >= 15 is 0 Å². The molecule has 0 aliphatic rings. The number of benzene rings is 2. The number of nitrogens with one attached hydrogen (secondary N) is 1. The molecule has 0 aliphatic carbocycles. The summed E-state index contributed by atoms with van der Waals surface area (Å²) in [6, 6.07) is 12.5. The van der Waals surface area contributed by atoms with E-state index in [9.17, 15) is 8.42 Å². The molecule has 1 atom stereocenters. The zero-order valence-electron chi connectivity index (χ0n) is 13.0. The molecular weight excluding hydrogens is 353 g/mol. The molecular formula is C17H19Cl2NO2S. The maximum absolute atomic E-state index is 12.4. The Bertz CT molecular complexity index is 774. The van der Waals surface area contributed by atoms with Gasteiger partial charge < -0.3 is 0 Å². The number of sulfonamides is 1. The highest BCUT2D eigenvalue weighted by Gasteiger charge is 2.19. The topological polar surface area (TPSA) is 46.2 Å². The van der Waals surface area contributed by atoms with Gasteiger partial charge in [0, 0.05) is 6.04 Å². The van der Waals surface area contributed by atoms with E-state index in [-0.39, 0.29) is 11.8 Å². The van der Waals surface area contributed by atoms with E-state index in [0.717, 1.165) is 11.1 Å². The molecule has 23 heavy (non-hydrogen) atoms. The van der Waals surface area contributed by atoms with E-state index in [4.69, 9.17) is 23.2 Å². The lowest BCUT2D eigenvalue weighted by molar-refractivity contribution is 0.549. The minimum atomic E-state index is -3.49. The van der Waals surface area contributed by atoms with Gasteiger partial charge in [0.25, 0.3) is 0 Å². The molecule has 2 aromatic rings. The van der Waals surface area contributed by atoms with Gasteiger partial charge in [0.15, 0.2) is 0 Å². The van der Waals surface area contributed by atoms with Crippen LogP contribution in [0.15, 0.2) is 42.5 Å². The van der Waals surface area contributed by atoms with Crippen LogP contribution in [0.2, 0.25) is 10.0 Å². The predicted octanol–water partition coefficient (Wildman–Crippen LogP) is 4.87. The monoisotopic (exact) mass is 371 g/mol. The molecule has 0 amide bonds. The molecule has 0 spiro atoms. The summed E-state index contributed by atoms with van der Waals surface area (Å²) in [6.07, 6.45) is 0.670. The van der Waals surface area contributed by atoms with Crippen molar-refractivity contribution in [3.63, 3.8) is 0 Å². The molecule has 0 heterocycles. The van der Waals surface area contributed by atoms with Crippen LogP contribution < -0.4 is 4.72 Å². The first-order valence-corrected chi connectivity index (χ1v) is 9.72. The molecule has 2 aromatic carbocycles. The first-order valence-electron chi connectivity index (χ1n) is 7.31. The van der Waals surface area contributed by atoms with Gasteiger partial charge in [0.05, 0.1) is 15.8 Å². The molecule has 3 nitrogen and oxygen atoms in total. The van der Waals surface area contributed by atoms with E-state index in [0.29, 0.717) is 22.0 Å². The second-order valence-corrected chi connectivity index (χ2v) is 8.07. The molecule has 2 rings (SSSR count). The zero-order chi connectivity index (χ0) is 17.0. The highest BCUT2D eigenvalue weighted by molar-refractivity contribution is 7.88. The number of hydrogen-bond acceptors (Lipinski definition) is 2. The largest absolute Gasteiger partial charge is 0.216 e. The van der Waals surface area contributed by atoms with Crippen molar-refractivity contribution in [2.45, 2.75) is 32.1 Å². The highest BCUT2D eigenvalue weighted by atomic mass is 35.5. The van der Waals surface area contributed by atoms with Gasteiger partial charge in [0.1, 0.15) is 0 Å². The third-order valence-corrected chi connectivity index (χ3v) is 5.65. The number of aryl methyl sites for hydroxylation is 1. The maximum atomic E-state index is 12.4. The first-order chi connectivity index (χ1) is 10.8. The maximum Gasteiger partial charge on any atom is 0.216 e. The molecule has 0 saturated heterocycles. The van der Waals surface area contributed by atoms with E-state index in [2.05, 4.69) is 4.72 Å². The number of rotatable bonds is 6. The van der Waals surface area contributed by atoms with Crippen molar-refractivity contribution in [3.8, 4) is 0 Å². The van der Waals surface area contributed by atoms with Gasteiger partial charge in [-0.2, -0.15) is 0 Å². The van der Waals surface area contributed by atoms with Crippen molar-refractivity contribution in [2.75, 3.05) is 0 Å². The van der Waals surface area contributed by atoms with Crippen molar-refractivity contribution in [2.24, 2.45) is 0 Å². The summed E-state index contributed by atoms with van der Waals surface area (Å²) < 4.78 is 27.6. The van der Waals surface area contributed by atoms with Gasteiger partial charge in [0.2, 0.25) is 10.0 Å². The third kappa shape index (κ3) is 5.21. The van der Waals surface area contributed by atoms with Crippen molar-refractivity contribution in [1.29, 1.82) is 0 Å². The van der Waals surface area contributed by atoms with Gasteiger partial charge >= 0.3 is 0 Å². The molecule has 124 valence electrons. The molecule has 1 N–H and O–H groups in total. The lowest BCUT2D eigenvalue weighted by atomic mass is 10.0. The molecule has 0 saturated carbocycles. The quantitative estimate of drug-likeness (QED) is 0.786. The Morgan fingerprint density at radius 3 is 2.26 bits per heavy atom. The smallest absolute Gasteiger partial charge is 0.212 e. The van der Waals surface area contributed by atoms with Gasteiger partial charge in [-0.1, -0.05) is 66.0 Å². The Morgan fingerprint density at radius 1 is 1.04 bits per heavy atom. The van der Waals surface area contributed by atoms with Crippen LogP contribution in [0.3, 0.4) is 0 Å². The van der Waals surface area contributed by atoms with E-state index in [1.165, 1.54) is 0 Å². The van der Waals surface area contributed by atoms with Crippen LogP contribution in [-0.4, -0.2) is 8.42 Å². The van der Waals surface area contributed by atoms with Crippen LogP contribution in [0.1, 0.15) is 36.1 Å². The fraction of sp³-hybridized carbons (Fsp3) is 0.294. The molecule has 0 bridgehead atoms. The standard InChI is InChI=1S/C17H19Cl2NO2S/c1-3-17(14-7-4-12(2)5-8-14)20-23(21,22)11-13-6-9-15(18)16(19)10-13/h4-10,17,20H,3,11H2,1-2H3. The fourth-order valence-electron chi connectivity index (χ4n) is 2.29. The Morgan fingerprint density at radius 2 is 1.70 bits per heavy atom. The summed E-state index contributed by atoms with van der Waals surface area (Å²) in [6.45, 7) is 3.95. The first kappa shape index (κ1) is 18.3. The Hall–Kier alpha value is -1.07. The Kier molecular flexibility index (Phi) is 6.09. The molecule has 6 heteroatoms. The Labute approximate surface area is 147 Å². The Balaban J connectivity index is 2.15. The van der Waals surface area contributed by atoms with Crippen molar-refractivity contribution >= 4 is 33.2 Å². The van der Waals surface area contributed by atoms with Crippen LogP contribution in [-0.2, 0) is 15.8 Å². The van der Waals surface area contributed by atoms with Crippen LogP contribution in [0.25, 0.3) is 0 Å². The van der Waals surface area contributed by atoms with E-state index in [1.807, 2.05) is 38.1 Å². The molecule has 0 aromatic heterocycles. The van der Waals surface area contributed by atoms with Gasteiger partial charge in [-0.25, -0.2) is 13.1 Å². The average Bonchev–Trinajstić information content (AvgIpc) is 2.49. The second kappa shape index (κ2) is 7.67. The van der Waals surface area contributed by atoms with E-state index in [1.54, 1.807) is 18.2 Å². The summed E-state index contributed by atoms with van der Waals surface area (Å²) in [5.74, 6) is -0.133. The summed E-state index contributed by atoms with van der Waals surface area (Å²) in [5, 5.41) is 0.761. The molecule has 0 fully saturated rings. The fourth-order valence-corrected chi connectivity index (χ4v) is 4.05. The van der Waals surface area contributed by atoms with Crippen LogP contribution in [0.4, 0.5) is 0 Å². The molecule has 1 unspecified atom stereocenters. The summed E-state index contributed by atoms with van der Waals surface area (Å²) in [7, 11) is -3.49. The van der Waals surface area contributed by atoms with Gasteiger partial charge in [-0.05, 0) is 36.6 Å². The lowest BCUT2D eigenvalue weighted by Gasteiger charge is -2.18. The van der Waals surface area contributed by atoms with Crippen molar-refractivity contribution < 1.29 is 8.42 Å². The lowest BCUT2D eigenvalue weighted by Crippen LogP contribution is -2.29. The van der Waals surface area contributed by atoms with Gasteiger partial charge in [-0.15, -0.1) is 0 Å². The average molecular weight is 372 g/mol. The molecule has 0 aliphatic heterocycles. The minimum Gasteiger partial charge on any atom is -0.212 e. The minimum absolute atomic E-state index is 0.133. The second-order valence-electron chi connectivity index (χ2n) is 5.50. The van der Waals surface area contributed by atoms with Crippen molar-refractivity contribution in [1.82, 2.24) is 4.72 Å². The summed E-state index contributed by atoms with van der Waals surface area (Å²) in [4.78, 5) is 0. The van der Waals surface area contributed by atoms with Crippen LogP contribution >= 0.6 is 23.2 Å². The van der Waals surface area contributed by atoms with Gasteiger partial charge in [-0.3, -0.25) is 0 Å². The zero-order valence-corrected chi connectivity index (χ0v) is 15.3. The number of hydrogen-bond donors (Lipinski definition) is 1. The summed E-state index contributed by atoms with van der Waals surface area (Å²) in [5.41, 5.74) is 2.70. The highest BCUT2D eigenvalue weighted by Crippen LogP contribution is 2.24.